The van der Waals surface area contributed by atoms with Gasteiger partial charge in [-0.25, -0.2) is 0 Å². The topological polar surface area (TPSA) is 24.1 Å². The molecular weight excluding hydrogens is 144 g/mol. The van der Waals surface area contributed by atoms with E-state index in [2.05, 4.69) is 10.6 Å². The van der Waals surface area contributed by atoms with Crippen molar-refractivity contribution in [1.29, 1.82) is 0 Å². The van der Waals surface area contributed by atoms with E-state index in [0.717, 1.165) is 12.1 Å². The fraction of sp³-hybridized carbons (Fsp3) is 1.00. The molecule has 0 saturated carbocycles. The molecule has 0 bridgehead atoms. The van der Waals surface area contributed by atoms with Crippen LogP contribution in [-0.2, 0) is 0 Å². The molecule has 3 heteroatoms. The molecule has 2 N–H and O–H groups in total. The van der Waals surface area contributed by atoms with Crippen molar-refractivity contribution in [3.8, 4) is 0 Å². The van der Waals surface area contributed by atoms with Crippen LogP contribution in [0.25, 0.3) is 0 Å². The lowest BCUT2D eigenvalue weighted by Crippen LogP contribution is -2.46. The third kappa shape index (κ3) is 1.47. The van der Waals surface area contributed by atoms with Crippen LogP contribution >= 0.6 is 11.8 Å². The molecule has 58 valence electrons. The maximum atomic E-state index is 3.63. The van der Waals surface area contributed by atoms with Crippen molar-refractivity contribution >= 4 is 11.8 Å². The number of rotatable bonds is 2. The first-order chi connectivity index (χ1) is 4.95. The molecule has 0 radical (unpaired) electrons. The molecule has 1 atom stereocenters. The molecule has 2 aliphatic rings. The second kappa shape index (κ2) is 3.11. The largest absolute Gasteiger partial charge is 0.315 e. The molecule has 2 heterocycles. The molecule has 0 aromatic rings. The van der Waals surface area contributed by atoms with Crippen molar-refractivity contribution < 1.29 is 0 Å². The molecular formula is C7H14N2S. The summed E-state index contributed by atoms with van der Waals surface area (Å²) in [7, 11) is 0. The summed E-state index contributed by atoms with van der Waals surface area (Å²) in [6, 6.07) is 1.60. The first-order valence-electron chi connectivity index (χ1n) is 3.99. The lowest BCUT2D eigenvalue weighted by Gasteiger charge is -2.28. The van der Waals surface area contributed by atoms with Gasteiger partial charge in [0.15, 0.2) is 0 Å². The minimum atomic E-state index is 0.769. The van der Waals surface area contributed by atoms with Gasteiger partial charge in [0.05, 0.1) is 0 Å². The maximum Gasteiger partial charge on any atom is 0.0251 e. The van der Waals surface area contributed by atoms with E-state index in [-0.39, 0.29) is 0 Å². The monoisotopic (exact) mass is 158 g/mol. The molecule has 0 spiro atoms. The van der Waals surface area contributed by atoms with Crippen molar-refractivity contribution in [2.24, 2.45) is 0 Å². The Bertz CT molecular complexity index is 108. The highest BCUT2D eigenvalue weighted by atomic mass is 32.2. The van der Waals surface area contributed by atoms with Crippen LogP contribution in [0, 0.1) is 0 Å². The number of thioether (sulfide) groups is 1. The van der Waals surface area contributed by atoms with Gasteiger partial charge in [-0.15, -0.1) is 0 Å². The summed E-state index contributed by atoms with van der Waals surface area (Å²) in [6.07, 6.45) is 1.32. The SMILES string of the molecule is C1CC(NC2CSC2)CN1. The van der Waals surface area contributed by atoms with Gasteiger partial charge in [-0.1, -0.05) is 0 Å². The predicted molar refractivity (Wildman–Crippen MR) is 45.5 cm³/mol. The first-order valence-corrected chi connectivity index (χ1v) is 5.15. The standard InChI is InChI=1S/C7H14N2S/c1-2-8-3-6(1)9-7-4-10-5-7/h6-9H,1-5H2. The number of hydrogen-bond donors (Lipinski definition) is 2. The van der Waals surface area contributed by atoms with Crippen LogP contribution in [0.1, 0.15) is 6.42 Å². The van der Waals surface area contributed by atoms with E-state index in [1.807, 2.05) is 11.8 Å². The summed E-state index contributed by atoms with van der Waals surface area (Å²) in [5, 5.41) is 6.99. The Hall–Kier alpha value is 0.270. The van der Waals surface area contributed by atoms with E-state index in [1.165, 1.54) is 31.0 Å². The average Bonchev–Trinajstić information content (AvgIpc) is 2.29. The number of hydrogen-bond acceptors (Lipinski definition) is 3. The first kappa shape index (κ1) is 6.95. The van der Waals surface area contributed by atoms with Crippen LogP contribution in [0.4, 0.5) is 0 Å². The third-order valence-corrected chi connectivity index (χ3v) is 3.45. The van der Waals surface area contributed by atoms with Gasteiger partial charge in [0, 0.05) is 30.1 Å². The summed E-state index contributed by atoms with van der Waals surface area (Å²) < 4.78 is 0. The Kier molecular flexibility index (Phi) is 2.16. The fourth-order valence-electron chi connectivity index (χ4n) is 1.46. The van der Waals surface area contributed by atoms with Crippen LogP contribution in [0.5, 0.6) is 0 Å². The van der Waals surface area contributed by atoms with Gasteiger partial charge < -0.3 is 10.6 Å². The van der Waals surface area contributed by atoms with Crippen molar-refractivity contribution in [3.05, 3.63) is 0 Å². The molecule has 2 aliphatic heterocycles. The fourth-order valence-corrected chi connectivity index (χ4v) is 2.13. The van der Waals surface area contributed by atoms with Crippen LogP contribution < -0.4 is 10.6 Å². The van der Waals surface area contributed by atoms with Gasteiger partial charge in [-0.3, -0.25) is 0 Å². The molecule has 1 unspecified atom stereocenters. The second-order valence-electron chi connectivity index (χ2n) is 3.09. The molecule has 2 nitrogen and oxygen atoms in total. The molecule has 10 heavy (non-hydrogen) atoms. The maximum absolute atomic E-state index is 3.63. The van der Waals surface area contributed by atoms with Crippen molar-refractivity contribution in [2.75, 3.05) is 24.6 Å². The molecule has 0 aliphatic carbocycles. The second-order valence-corrected chi connectivity index (χ2v) is 4.17. The Morgan fingerprint density at radius 3 is 2.70 bits per heavy atom. The van der Waals surface area contributed by atoms with Crippen LogP contribution in [0.3, 0.4) is 0 Å². The lowest BCUT2D eigenvalue weighted by molar-refractivity contribution is 0.486. The average molecular weight is 158 g/mol. The Balaban J connectivity index is 1.68. The third-order valence-electron chi connectivity index (χ3n) is 2.17. The normalized spacial score (nSPS) is 34.2. The van der Waals surface area contributed by atoms with Gasteiger partial charge in [-0.05, 0) is 13.0 Å². The highest BCUT2D eigenvalue weighted by molar-refractivity contribution is 8.00. The van der Waals surface area contributed by atoms with Crippen molar-refractivity contribution in [1.82, 2.24) is 10.6 Å². The number of nitrogens with one attached hydrogen (secondary N) is 2. The molecule has 0 aromatic heterocycles. The lowest BCUT2D eigenvalue weighted by atomic mass is 10.2. The molecule has 0 aromatic carbocycles. The minimum absolute atomic E-state index is 0.769. The molecule has 0 amide bonds. The van der Waals surface area contributed by atoms with Gasteiger partial charge in [0.1, 0.15) is 0 Å². The summed E-state index contributed by atoms with van der Waals surface area (Å²) in [6.45, 7) is 2.39. The van der Waals surface area contributed by atoms with Crippen LogP contribution in [0.2, 0.25) is 0 Å². The molecule has 2 fully saturated rings. The van der Waals surface area contributed by atoms with Crippen molar-refractivity contribution in [3.63, 3.8) is 0 Å². The predicted octanol–water partition coefficient (Wildman–Crippen LogP) is 0.0533. The quantitative estimate of drug-likeness (QED) is 0.594. The zero-order chi connectivity index (χ0) is 6.81. The van der Waals surface area contributed by atoms with E-state index in [1.54, 1.807) is 0 Å². The minimum Gasteiger partial charge on any atom is -0.315 e. The molecule has 2 rings (SSSR count). The van der Waals surface area contributed by atoms with Gasteiger partial charge in [0.2, 0.25) is 0 Å². The summed E-state index contributed by atoms with van der Waals surface area (Å²) in [4.78, 5) is 0. The van der Waals surface area contributed by atoms with Crippen LogP contribution in [0.15, 0.2) is 0 Å². The highest BCUT2D eigenvalue weighted by Gasteiger charge is 2.23. The van der Waals surface area contributed by atoms with Gasteiger partial charge in [-0.2, -0.15) is 11.8 Å². The Morgan fingerprint density at radius 1 is 1.30 bits per heavy atom. The Labute approximate surface area is 66.1 Å². The zero-order valence-electron chi connectivity index (χ0n) is 6.10. The Morgan fingerprint density at radius 2 is 2.20 bits per heavy atom. The summed E-state index contributed by atoms with van der Waals surface area (Å²) in [5.41, 5.74) is 0. The summed E-state index contributed by atoms with van der Waals surface area (Å²) in [5.74, 6) is 2.66. The van der Waals surface area contributed by atoms with E-state index in [4.69, 9.17) is 0 Å². The van der Waals surface area contributed by atoms with E-state index in [0.29, 0.717) is 0 Å². The zero-order valence-corrected chi connectivity index (χ0v) is 6.91. The van der Waals surface area contributed by atoms with E-state index in [9.17, 15) is 0 Å². The van der Waals surface area contributed by atoms with E-state index < -0.39 is 0 Å². The van der Waals surface area contributed by atoms with Gasteiger partial charge >= 0.3 is 0 Å². The molecule has 2 saturated heterocycles. The van der Waals surface area contributed by atoms with Crippen molar-refractivity contribution in [2.45, 2.75) is 18.5 Å². The smallest absolute Gasteiger partial charge is 0.0251 e. The van der Waals surface area contributed by atoms with Gasteiger partial charge in [0.25, 0.3) is 0 Å². The van der Waals surface area contributed by atoms with Crippen LogP contribution in [-0.4, -0.2) is 36.7 Å². The summed E-state index contributed by atoms with van der Waals surface area (Å²) >= 11 is 2.05. The van der Waals surface area contributed by atoms with E-state index >= 15 is 0 Å². The highest BCUT2D eigenvalue weighted by Crippen LogP contribution is 2.18.